The number of ether oxygens (including phenoxy) is 1. The van der Waals surface area contributed by atoms with Crippen molar-refractivity contribution in [2.75, 3.05) is 20.2 Å². The third-order valence-corrected chi connectivity index (χ3v) is 5.09. The highest BCUT2D eigenvalue weighted by atomic mass is 35.5. The summed E-state index contributed by atoms with van der Waals surface area (Å²) in [5, 5.41) is 7.58. The number of benzene rings is 1. The maximum absolute atomic E-state index is 5.53. The summed E-state index contributed by atoms with van der Waals surface area (Å²) < 4.78 is 10.7. The first kappa shape index (κ1) is 16.3. The second-order valence-corrected chi connectivity index (χ2v) is 6.44. The van der Waals surface area contributed by atoms with Crippen LogP contribution in [-0.4, -0.2) is 30.3 Å². The molecule has 2 aromatic rings. The Hall–Kier alpha value is -1.59. The van der Waals surface area contributed by atoms with E-state index in [2.05, 4.69) is 15.5 Å². The third-order valence-electron chi connectivity index (χ3n) is 5.09. The van der Waals surface area contributed by atoms with E-state index in [1.165, 1.54) is 24.8 Å². The molecule has 2 aliphatic rings. The number of nitrogens with zero attached hydrogens (tertiary/aromatic N) is 2. The van der Waals surface area contributed by atoms with E-state index in [4.69, 9.17) is 9.26 Å². The van der Waals surface area contributed by atoms with Crippen molar-refractivity contribution < 1.29 is 9.26 Å². The summed E-state index contributed by atoms with van der Waals surface area (Å²) in [6.07, 6.45) is 4.37. The molecule has 1 aliphatic heterocycles. The van der Waals surface area contributed by atoms with Crippen LogP contribution in [0.4, 0.5) is 0 Å². The van der Waals surface area contributed by atoms with Crippen LogP contribution in [0.3, 0.4) is 0 Å². The summed E-state index contributed by atoms with van der Waals surface area (Å²) in [7, 11) is 1.67. The summed E-state index contributed by atoms with van der Waals surface area (Å²) in [4.78, 5) is 4.63. The lowest BCUT2D eigenvalue weighted by Gasteiger charge is -2.22. The van der Waals surface area contributed by atoms with Gasteiger partial charge < -0.3 is 14.6 Å². The molecule has 2 heterocycles. The van der Waals surface area contributed by atoms with Crippen LogP contribution in [0.2, 0.25) is 0 Å². The minimum Gasteiger partial charge on any atom is -0.497 e. The Bertz CT molecular complexity index is 650. The molecule has 5 nitrogen and oxygen atoms in total. The van der Waals surface area contributed by atoms with E-state index in [1.54, 1.807) is 7.11 Å². The van der Waals surface area contributed by atoms with E-state index < -0.39 is 0 Å². The molecule has 0 radical (unpaired) electrons. The van der Waals surface area contributed by atoms with Crippen molar-refractivity contribution in [3.8, 4) is 5.75 Å². The normalized spacial score (nSPS) is 21.7. The predicted octanol–water partition coefficient (Wildman–Crippen LogP) is 2.95. The highest BCUT2D eigenvalue weighted by Gasteiger charge is 2.57. The van der Waals surface area contributed by atoms with Crippen molar-refractivity contribution in [1.29, 1.82) is 0 Å². The van der Waals surface area contributed by atoms with Gasteiger partial charge in [-0.2, -0.15) is 4.98 Å². The van der Waals surface area contributed by atoms with Crippen LogP contribution in [0.5, 0.6) is 5.75 Å². The molecule has 4 rings (SSSR count). The number of piperidine rings is 1. The van der Waals surface area contributed by atoms with Crippen molar-refractivity contribution in [3.05, 3.63) is 41.5 Å². The van der Waals surface area contributed by atoms with Crippen molar-refractivity contribution in [3.63, 3.8) is 0 Å². The molecular weight excluding hydrogens is 314 g/mol. The maximum atomic E-state index is 5.53. The number of halogens is 1. The Morgan fingerprint density at radius 2 is 2.00 bits per heavy atom. The molecule has 1 N–H and O–H groups in total. The zero-order valence-corrected chi connectivity index (χ0v) is 14.1. The average Bonchev–Trinajstić information content (AvgIpc) is 3.04. The lowest BCUT2D eigenvalue weighted by Crippen LogP contribution is -2.29. The summed E-state index contributed by atoms with van der Waals surface area (Å²) in [5.41, 5.74) is 1.61. The van der Waals surface area contributed by atoms with Gasteiger partial charge in [-0.15, -0.1) is 12.4 Å². The van der Waals surface area contributed by atoms with Gasteiger partial charge >= 0.3 is 0 Å². The van der Waals surface area contributed by atoms with E-state index in [1.807, 2.05) is 24.3 Å². The van der Waals surface area contributed by atoms with Gasteiger partial charge in [0.2, 0.25) is 5.89 Å². The molecule has 1 aliphatic carbocycles. The van der Waals surface area contributed by atoms with Crippen molar-refractivity contribution in [2.45, 2.75) is 31.6 Å². The molecule has 1 saturated heterocycles. The van der Waals surface area contributed by atoms with Crippen LogP contribution < -0.4 is 10.1 Å². The second-order valence-electron chi connectivity index (χ2n) is 6.44. The number of rotatable bonds is 4. The molecule has 124 valence electrons. The Morgan fingerprint density at radius 3 is 2.70 bits per heavy atom. The van der Waals surface area contributed by atoms with E-state index >= 15 is 0 Å². The number of hydrogen-bond acceptors (Lipinski definition) is 5. The average molecular weight is 336 g/mol. The van der Waals surface area contributed by atoms with Crippen molar-refractivity contribution in [1.82, 2.24) is 15.5 Å². The zero-order chi connectivity index (χ0) is 15.0. The van der Waals surface area contributed by atoms with Crippen LogP contribution in [0, 0.1) is 5.41 Å². The first-order valence-corrected chi connectivity index (χ1v) is 7.95. The molecule has 1 spiro atoms. The quantitative estimate of drug-likeness (QED) is 0.930. The monoisotopic (exact) mass is 335 g/mol. The smallest absolute Gasteiger partial charge is 0.230 e. The molecule has 0 bridgehead atoms. The lowest BCUT2D eigenvalue weighted by atomic mass is 9.92. The standard InChI is InChI=1S/C17H21N3O2.ClH/c1-21-13-4-2-12(3-5-13)10-15-19-16(22-20-15)14-11-17(14)6-8-18-9-7-17;/h2-5,14,18H,6-11H2,1H3;1H. The Kier molecular flexibility index (Phi) is 4.60. The van der Waals surface area contributed by atoms with Gasteiger partial charge in [-0.3, -0.25) is 0 Å². The molecule has 2 fully saturated rings. The molecule has 1 aromatic heterocycles. The van der Waals surface area contributed by atoms with E-state index in [9.17, 15) is 0 Å². The largest absolute Gasteiger partial charge is 0.497 e. The first-order chi connectivity index (χ1) is 10.8. The summed E-state index contributed by atoms with van der Waals surface area (Å²) in [6, 6.07) is 8.00. The van der Waals surface area contributed by atoms with E-state index in [0.29, 0.717) is 17.8 Å². The van der Waals surface area contributed by atoms with E-state index in [0.717, 1.165) is 30.6 Å². The number of methoxy groups -OCH3 is 1. The fourth-order valence-corrected chi connectivity index (χ4v) is 3.58. The van der Waals surface area contributed by atoms with Gasteiger partial charge in [0.15, 0.2) is 5.82 Å². The molecule has 1 aromatic carbocycles. The van der Waals surface area contributed by atoms with Gasteiger partial charge in [0.05, 0.1) is 7.11 Å². The molecule has 1 atom stereocenters. The van der Waals surface area contributed by atoms with Crippen molar-refractivity contribution in [2.24, 2.45) is 5.41 Å². The zero-order valence-electron chi connectivity index (χ0n) is 13.2. The molecular formula is C17H22ClN3O2. The van der Waals surface area contributed by atoms with Gasteiger partial charge in [0.1, 0.15) is 5.75 Å². The fraction of sp³-hybridized carbons (Fsp3) is 0.529. The van der Waals surface area contributed by atoms with Crippen LogP contribution >= 0.6 is 12.4 Å². The van der Waals surface area contributed by atoms with Crippen LogP contribution in [0.25, 0.3) is 0 Å². The number of hydrogen-bond donors (Lipinski definition) is 1. The molecule has 1 saturated carbocycles. The Labute approximate surface area is 142 Å². The van der Waals surface area contributed by atoms with Crippen molar-refractivity contribution >= 4 is 12.4 Å². The van der Waals surface area contributed by atoms with Crippen LogP contribution in [0.1, 0.15) is 42.5 Å². The first-order valence-electron chi connectivity index (χ1n) is 7.95. The minimum atomic E-state index is 0. The number of aromatic nitrogens is 2. The molecule has 0 amide bonds. The SMILES string of the molecule is COc1ccc(Cc2noc(C3CC34CCNCC4)n2)cc1.Cl. The summed E-state index contributed by atoms with van der Waals surface area (Å²) in [6.45, 7) is 2.23. The van der Waals surface area contributed by atoms with Crippen LogP contribution in [-0.2, 0) is 6.42 Å². The van der Waals surface area contributed by atoms with E-state index in [-0.39, 0.29) is 12.4 Å². The minimum absolute atomic E-state index is 0. The van der Waals surface area contributed by atoms with Crippen LogP contribution in [0.15, 0.2) is 28.8 Å². The Balaban J connectivity index is 0.00000156. The molecule has 6 heteroatoms. The maximum Gasteiger partial charge on any atom is 0.230 e. The van der Waals surface area contributed by atoms with Gasteiger partial charge in [0, 0.05) is 12.3 Å². The second kappa shape index (κ2) is 6.49. The third kappa shape index (κ3) is 3.21. The summed E-state index contributed by atoms with van der Waals surface area (Å²) >= 11 is 0. The van der Waals surface area contributed by atoms with Gasteiger partial charge in [0.25, 0.3) is 0 Å². The highest BCUT2D eigenvalue weighted by Crippen LogP contribution is 2.63. The van der Waals surface area contributed by atoms with Gasteiger partial charge in [-0.05, 0) is 55.5 Å². The summed E-state index contributed by atoms with van der Waals surface area (Å²) in [5.74, 6) is 2.96. The number of nitrogens with one attached hydrogen (secondary N) is 1. The topological polar surface area (TPSA) is 60.2 Å². The van der Waals surface area contributed by atoms with Gasteiger partial charge in [-0.1, -0.05) is 17.3 Å². The lowest BCUT2D eigenvalue weighted by molar-refractivity contribution is 0.310. The highest BCUT2D eigenvalue weighted by molar-refractivity contribution is 5.85. The van der Waals surface area contributed by atoms with Gasteiger partial charge in [-0.25, -0.2) is 0 Å². The molecule has 23 heavy (non-hydrogen) atoms. The molecule has 1 unspecified atom stereocenters. The Morgan fingerprint density at radius 1 is 1.26 bits per heavy atom. The fourth-order valence-electron chi connectivity index (χ4n) is 3.58. The predicted molar refractivity (Wildman–Crippen MR) is 89.2 cm³/mol.